The molecule has 2 aliphatic rings. The maximum absolute atomic E-state index is 12.4. The molecule has 0 amide bonds. The molecule has 0 atom stereocenters. The number of morpholine rings is 1. The number of benzene rings is 1. The molecule has 0 N–H and O–H groups in total. The Bertz CT molecular complexity index is 809. The Morgan fingerprint density at radius 3 is 2.54 bits per heavy atom. The van der Waals surface area contributed by atoms with Gasteiger partial charge in [-0.2, -0.15) is 5.10 Å². The minimum absolute atomic E-state index is 0.00628. The highest BCUT2D eigenvalue weighted by molar-refractivity contribution is 6.30. The number of halogens is 1. The van der Waals surface area contributed by atoms with Crippen LogP contribution in [0, 0.1) is 0 Å². The average Bonchev–Trinajstić information content (AvgIpc) is 2.69. The summed E-state index contributed by atoms with van der Waals surface area (Å²) in [6, 6.07) is 11.8. The zero-order chi connectivity index (χ0) is 17.9. The van der Waals surface area contributed by atoms with Gasteiger partial charge in [0.15, 0.2) is 0 Å². The van der Waals surface area contributed by atoms with Gasteiger partial charge in [0.2, 0.25) is 0 Å². The van der Waals surface area contributed by atoms with Gasteiger partial charge in [0.1, 0.15) is 5.82 Å². The molecule has 1 aliphatic heterocycles. The largest absolute Gasteiger partial charge is 0.378 e. The van der Waals surface area contributed by atoms with Crippen LogP contribution in [0.1, 0.15) is 43.2 Å². The quantitative estimate of drug-likeness (QED) is 0.824. The first-order chi connectivity index (χ1) is 12.7. The van der Waals surface area contributed by atoms with Gasteiger partial charge in [0, 0.05) is 24.2 Å². The molecule has 1 aromatic carbocycles. The third kappa shape index (κ3) is 3.79. The number of rotatable bonds is 3. The second kappa shape index (κ2) is 7.80. The van der Waals surface area contributed by atoms with E-state index in [0.717, 1.165) is 49.6 Å². The van der Waals surface area contributed by atoms with Crippen molar-refractivity contribution in [3.05, 3.63) is 57.3 Å². The molecular weight excluding hydrogens is 350 g/mol. The van der Waals surface area contributed by atoms with Crippen LogP contribution < -0.4 is 10.5 Å². The van der Waals surface area contributed by atoms with Crippen LogP contribution in [0.2, 0.25) is 5.02 Å². The predicted molar refractivity (Wildman–Crippen MR) is 103 cm³/mol. The van der Waals surface area contributed by atoms with Crippen molar-refractivity contribution in [2.75, 3.05) is 31.2 Å². The third-order valence-electron chi connectivity index (χ3n) is 5.51. The highest BCUT2D eigenvalue weighted by Gasteiger charge is 2.25. The van der Waals surface area contributed by atoms with Crippen LogP contribution in [0.15, 0.2) is 41.2 Å². The molecule has 1 aromatic heterocycles. The monoisotopic (exact) mass is 373 g/mol. The molecule has 6 heteroatoms. The number of ether oxygens (including phenoxy) is 1. The van der Waals surface area contributed by atoms with Crippen molar-refractivity contribution in [3.8, 4) is 0 Å². The SMILES string of the molecule is O=c1ccc(N2CCOCC2)nn1C1CCC(c2cccc(Cl)c2)CC1. The lowest BCUT2D eigenvalue weighted by Gasteiger charge is -2.31. The molecule has 2 aromatic rings. The molecule has 1 saturated carbocycles. The zero-order valence-electron chi connectivity index (χ0n) is 14.8. The molecule has 0 radical (unpaired) electrons. The number of anilines is 1. The topological polar surface area (TPSA) is 47.4 Å². The van der Waals surface area contributed by atoms with E-state index in [4.69, 9.17) is 16.3 Å². The van der Waals surface area contributed by atoms with Gasteiger partial charge in [-0.15, -0.1) is 0 Å². The van der Waals surface area contributed by atoms with Gasteiger partial charge >= 0.3 is 0 Å². The maximum atomic E-state index is 12.4. The van der Waals surface area contributed by atoms with E-state index >= 15 is 0 Å². The molecule has 26 heavy (non-hydrogen) atoms. The molecule has 0 unspecified atom stereocenters. The van der Waals surface area contributed by atoms with Crippen LogP contribution >= 0.6 is 11.6 Å². The minimum atomic E-state index is -0.00628. The Balaban J connectivity index is 1.47. The van der Waals surface area contributed by atoms with E-state index in [9.17, 15) is 4.79 Å². The molecule has 4 rings (SSSR count). The highest BCUT2D eigenvalue weighted by Crippen LogP contribution is 2.38. The average molecular weight is 374 g/mol. The highest BCUT2D eigenvalue weighted by atomic mass is 35.5. The first-order valence-electron chi connectivity index (χ1n) is 9.39. The van der Waals surface area contributed by atoms with Crippen molar-refractivity contribution in [1.29, 1.82) is 0 Å². The summed E-state index contributed by atoms with van der Waals surface area (Å²) in [6.45, 7) is 3.08. The van der Waals surface area contributed by atoms with Crippen LogP contribution in [0.5, 0.6) is 0 Å². The maximum Gasteiger partial charge on any atom is 0.267 e. The Morgan fingerprint density at radius 1 is 1.04 bits per heavy atom. The second-order valence-electron chi connectivity index (χ2n) is 7.13. The van der Waals surface area contributed by atoms with E-state index < -0.39 is 0 Å². The van der Waals surface area contributed by atoms with E-state index in [1.165, 1.54) is 5.56 Å². The van der Waals surface area contributed by atoms with Gasteiger partial charge in [-0.1, -0.05) is 23.7 Å². The molecule has 0 spiro atoms. The number of nitrogens with zero attached hydrogens (tertiary/aromatic N) is 3. The molecule has 138 valence electrons. The van der Waals surface area contributed by atoms with Crippen molar-refractivity contribution < 1.29 is 4.74 Å². The van der Waals surface area contributed by atoms with Crippen LogP contribution in [-0.2, 0) is 4.74 Å². The Hall–Kier alpha value is -1.85. The zero-order valence-corrected chi connectivity index (χ0v) is 15.6. The smallest absolute Gasteiger partial charge is 0.267 e. The van der Waals surface area contributed by atoms with Crippen molar-refractivity contribution in [2.45, 2.75) is 37.6 Å². The molecule has 5 nitrogen and oxygen atoms in total. The van der Waals surface area contributed by atoms with Gasteiger partial charge in [0.25, 0.3) is 5.56 Å². The predicted octanol–water partition coefficient (Wildman–Crippen LogP) is 3.63. The van der Waals surface area contributed by atoms with E-state index in [2.05, 4.69) is 22.1 Å². The van der Waals surface area contributed by atoms with E-state index in [1.54, 1.807) is 10.7 Å². The normalized spacial score (nSPS) is 23.8. The summed E-state index contributed by atoms with van der Waals surface area (Å²) in [4.78, 5) is 14.6. The van der Waals surface area contributed by atoms with Crippen LogP contribution in [0.4, 0.5) is 5.82 Å². The first-order valence-corrected chi connectivity index (χ1v) is 9.76. The van der Waals surface area contributed by atoms with E-state index in [-0.39, 0.29) is 11.6 Å². The molecule has 1 aliphatic carbocycles. The minimum Gasteiger partial charge on any atom is -0.378 e. The molecule has 2 heterocycles. The van der Waals surface area contributed by atoms with Crippen LogP contribution in [-0.4, -0.2) is 36.1 Å². The number of aromatic nitrogens is 2. The van der Waals surface area contributed by atoms with Gasteiger partial charge in [-0.05, 0) is 55.4 Å². The van der Waals surface area contributed by atoms with Crippen molar-refractivity contribution in [1.82, 2.24) is 9.78 Å². The van der Waals surface area contributed by atoms with E-state index in [1.807, 2.05) is 18.2 Å². The van der Waals surface area contributed by atoms with E-state index in [0.29, 0.717) is 19.1 Å². The van der Waals surface area contributed by atoms with Crippen LogP contribution in [0.25, 0.3) is 0 Å². The lowest BCUT2D eigenvalue weighted by Crippen LogP contribution is -2.39. The fraction of sp³-hybridized carbons (Fsp3) is 0.500. The summed E-state index contributed by atoms with van der Waals surface area (Å²) in [6.07, 6.45) is 4.05. The number of hydrogen-bond donors (Lipinski definition) is 0. The van der Waals surface area contributed by atoms with Gasteiger partial charge in [-0.3, -0.25) is 4.79 Å². The fourth-order valence-electron chi connectivity index (χ4n) is 4.05. The van der Waals surface area contributed by atoms with Gasteiger partial charge in [0.05, 0.1) is 19.3 Å². The lowest BCUT2D eigenvalue weighted by atomic mass is 9.82. The first kappa shape index (κ1) is 17.6. The Labute approximate surface area is 158 Å². The van der Waals surface area contributed by atoms with Gasteiger partial charge < -0.3 is 9.64 Å². The molecule has 1 saturated heterocycles. The van der Waals surface area contributed by atoms with Crippen LogP contribution in [0.3, 0.4) is 0 Å². The summed E-state index contributed by atoms with van der Waals surface area (Å²) in [5.74, 6) is 1.40. The summed E-state index contributed by atoms with van der Waals surface area (Å²) in [7, 11) is 0. The Morgan fingerprint density at radius 2 is 1.81 bits per heavy atom. The number of hydrogen-bond acceptors (Lipinski definition) is 4. The lowest BCUT2D eigenvalue weighted by molar-refractivity contribution is 0.122. The molecule has 2 fully saturated rings. The molecular formula is C20H24ClN3O2. The summed E-state index contributed by atoms with van der Waals surface area (Å²) in [5.41, 5.74) is 1.30. The third-order valence-corrected chi connectivity index (χ3v) is 5.74. The standard InChI is InChI=1S/C20H24ClN3O2/c21-17-3-1-2-16(14-17)15-4-6-18(7-5-15)24-20(25)9-8-19(22-24)23-10-12-26-13-11-23/h1-3,8-9,14-15,18H,4-7,10-13H2. The summed E-state index contributed by atoms with van der Waals surface area (Å²) in [5, 5.41) is 5.48. The van der Waals surface area contributed by atoms with Crippen molar-refractivity contribution >= 4 is 17.4 Å². The summed E-state index contributed by atoms with van der Waals surface area (Å²) < 4.78 is 7.11. The second-order valence-corrected chi connectivity index (χ2v) is 7.57. The Kier molecular flexibility index (Phi) is 5.27. The van der Waals surface area contributed by atoms with Gasteiger partial charge in [-0.25, -0.2) is 4.68 Å². The van der Waals surface area contributed by atoms with Crippen molar-refractivity contribution in [2.24, 2.45) is 0 Å². The fourth-order valence-corrected chi connectivity index (χ4v) is 4.25. The van der Waals surface area contributed by atoms with Crippen molar-refractivity contribution in [3.63, 3.8) is 0 Å². The summed E-state index contributed by atoms with van der Waals surface area (Å²) >= 11 is 6.13. The molecule has 0 bridgehead atoms.